The standard InChI is InChI=1S/C24H22N2O6S/c1-15-11-19(16(2)25(15)12-17-14-31-21-8-4-5-9-22(21)32-17)20(27)13-26-24(28)18-7-3-6-10-23(18)33(26,29)30/h3-11,17H,12-14H2,1-2H3/t17-/m0/s1. The lowest BCUT2D eigenvalue weighted by Gasteiger charge is -2.27. The van der Waals surface area contributed by atoms with E-state index in [2.05, 4.69) is 0 Å². The molecule has 170 valence electrons. The number of carbonyl (C=O) groups excluding carboxylic acids is 2. The summed E-state index contributed by atoms with van der Waals surface area (Å²) in [5.74, 6) is 0.248. The summed E-state index contributed by atoms with van der Waals surface area (Å²) in [6.45, 7) is 3.96. The molecule has 3 heterocycles. The first-order valence-electron chi connectivity index (χ1n) is 10.5. The largest absolute Gasteiger partial charge is 0.486 e. The molecule has 1 amide bonds. The summed E-state index contributed by atoms with van der Waals surface area (Å²) in [4.78, 5) is 25.7. The van der Waals surface area contributed by atoms with E-state index in [-0.39, 0.29) is 16.6 Å². The van der Waals surface area contributed by atoms with Gasteiger partial charge in [-0.15, -0.1) is 0 Å². The minimum Gasteiger partial charge on any atom is -0.486 e. The molecule has 0 radical (unpaired) electrons. The molecule has 0 unspecified atom stereocenters. The number of aryl methyl sites for hydroxylation is 1. The third-order valence-electron chi connectivity index (χ3n) is 6.03. The molecule has 3 aromatic rings. The monoisotopic (exact) mass is 466 g/mol. The number of sulfonamides is 1. The van der Waals surface area contributed by atoms with Crippen molar-refractivity contribution < 1.29 is 27.5 Å². The van der Waals surface area contributed by atoms with Crippen LogP contribution in [0.25, 0.3) is 0 Å². The van der Waals surface area contributed by atoms with Gasteiger partial charge in [-0.2, -0.15) is 0 Å². The number of amides is 1. The van der Waals surface area contributed by atoms with Gasteiger partial charge in [-0.05, 0) is 44.2 Å². The summed E-state index contributed by atoms with van der Waals surface area (Å²) < 4.78 is 40.0. The fourth-order valence-electron chi connectivity index (χ4n) is 4.32. The highest BCUT2D eigenvalue weighted by atomic mass is 32.2. The van der Waals surface area contributed by atoms with Crippen molar-refractivity contribution in [1.29, 1.82) is 0 Å². The molecule has 0 spiro atoms. The number of fused-ring (bicyclic) bond motifs is 2. The van der Waals surface area contributed by atoms with E-state index in [0.717, 1.165) is 5.69 Å². The molecule has 9 heteroatoms. The van der Waals surface area contributed by atoms with Gasteiger partial charge in [-0.3, -0.25) is 9.59 Å². The molecule has 1 aromatic heterocycles. The number of nitrogens with zero attached hydrogens (tertiary/aromatic N) is 2. The molecule has 0 saturated carbocycles. The van der Waals surface area contributed by atoms with Crippen molar-refractivity contribution in [1.82, 2.24) is 8.87 Å². The Bertz CT molecular complexity index is 1390. The fraction of sp³-hybridized carbons (Fsp3) is 0.250. The second-order valence-corrected chi connectivity index (χ2v) is 9.96. The molecular weight excluding hydrogens is 444 g/mol. The van der Waals surface area contributed by atoms with Crippen LogP contribution in [0.2, 0.25) is 0 Å². The Kier molecular flexibility index (Phi) is 5.01. The summed E-state index contributed by atoms with van der Waals surface area (Å²) in [6.07, 6.45) is -0.248. The van der Waals surface area contributed by atoms with Gasteiger partial charge in [-0.25, -0.2) is 12.7 Å². The number of benzene rings is 2. The Morgan fingerprint density at radius 1 is 1.06 bits per heavy atom. The van der Waals surface area contributed by atoms with Crippen LogP contribution < -0.4 is 9.47 Å². The van der Waals surface area contributed by atoms with Crippen LogP contribution in [0.5, 0.6) is 11.5 Å². The summed E-state index contributed by atoms with van der Waals surface area (Å²) in [5.41, 5.74) is 1.98. The van der Waals surface area contributed by atoms with E-state index in [9.17, 15) is 18.0 Å². The Morgan fingerprint density at radius 3 is 2.52 bits per heavy atom. The van der Waals surface area contributed by atoms with Crippen LogP contribution in [-0.2, 0) is 16.6 Å². The van der Waals surface area contributed by atoms with Gasteiger partial charge in [0, 0.05) is 17.0 Å². The predicted molar refractivity (Wildman–Crippen MR) is 119 cm³/mol. The van der Waals surface area contributed by atoms with Gasteiger partial charge < -0.3 is 14.0 Å². The summed E-state index contributed by atoms with van der Waals surface area (Å²) >= 11 is 0. The molecule has 0 bridgehead atoms. The SMILES string of the molecule is Cc1cc(C(=O)CN2C(=O)c3ccccc3S2(=O)=O)c(C)n1C[C@H]1COc2ccccc2O1. The van der Waals surface area contributed by atoms with Crippen LogP contribution in [0.3, 0.4) is 0 Å². The zero-order chi connectivity index (χ0) is 23.3. The lowest BCUT2D eigenvalue weighted by atomic mass is 10.1. The van der Waals surface area contributed by atoms with Crippen molar-refractivity contribution in [2.75, 3.05) is 13.2 Å². The van der Waals surface area contributed by atoms with Crippen molar-refractivity contribution in [3.63, 3.8) is 0 Å². The molecule has 2 aliphatic heterocycles. The molecule has 5 rings (SSSR count). The Morgan fingerprint density at radius 2 is 1.76 bits per heavy atom. The first kappa shape index (κ1) is 21.3. The second-order valence-electron chi connectivity index (χ2n) is 8.13. The predicted octanol–water partition coefficient (Wildman–Crippen LogP) is 2.97. The molecule has 2 aromatic carbocycles. The van der Waals surface area contributed by atoms with Crippen molar-refractivity contribution in [2.45, 2.75) is 31.4 Å². The minimum absolute atomic E-state index is 0.0667. The highest BCUT2D eigenvalue weighted by Gasteiger charge is 2.42. The van der Waals surface area contributed by atoms with Crippen molar-refractivity contribution >= 4 is 21.7 Å². The molecule has 0 aliphatic carbocycles. The van der Waals surface area contributed by atoms with Crippen LogP contribution in [0.1, 0.15) is 32.1 Å². The van der Waals surface area contributed by atoms with Crippen molar-refractivity contribution in [2.24, 2.45) is 0 Å². The number of carbonyl (C=O) groups is 2. The average Bonchev–Trinajstić information content (AvgIpc) is 3.19. The van der Waals surface area contributed by atoms with E-state index >= 15 is 0 Å². The van der Waals surface area contributed by atoms with Gasteiger partial charge in [0.2, 0.25) is 0 Å². The molecular formula is C24H22N2O6S. The maximum atomic E-state index is 13.1. The van der Waals surface area contributed by atoms with Crippen LogP contribution in [0, 0.1) is 13.8 Å². The van der Waals surface area contributed by atoms with E-state index in [1.54, 1.807) is 25.1 Å². The van der Waals surface area contributed by atoms with Gasteiger partial charge in [0.05, 0.1) is 12.1 Å². The number of hydrogen-bond donors (Lipinski definition) is 0. The number of aromatic nitrogens is 1. The zero-order valence-electron chi connectivity index (χ0n) is 18.1. The number of Topliss-reactive ketones (excluding diaryl/α,β-unsaturated/α-hetero) is 1. The second kappa shape index (κ2) is 7.77. The summed E-state index contributed by atoms with van der Waals surface area (Å²) in [6, 6.07) is 15.1. The normalized spacial score (nSPS) is 18.3. The number of hydrogen-bond acceptors (Lipinski definition) is 6. The summed E-state index contributed by atoms with van der Waals surface area (Å²) in [5, 5.41) is 0. The van der Waals surface area contributed by atoms with Crippen LogP contribution in [-0.4, -0.2) is 48.2 Å². The lowest BCUT2D eigenvalue weighted by molar-refractivity contribution is 0.0776. The molecule has 0 N–H and O–H groups in total. The first-order valence-corrected chi connectivity index (χ1v) is 12.0. The maximum absolute atomic E-state index is 13.1. The topological polar surface area (TPSA) is 94.9 Å². The lowest BCUT2D eigenvalue weighted by Crippen LogP contribution is -2.35. The van der Waals surface area contributed by atoms with Crippen LogP contribution in [0.15, 0.2) is 59.5 Å². The molecule has 33 heavy (non-hydrogen) atoms. The first-order chi connectivity index (χ1) is 15.8. The van der Waals surface area contributed by atoms with Gasteiger partial charge in [-0.1, -0.05) is 24.3 Å². The van der Waals surface area contributed by atoms with Crippen molar-refractivity contribution in [3.8, 4) is 11.5 Å². The smallest absolute Gasteiger partial charge is 0.269 e. The third kappa shape index (κ3) is 3.48. The maximum Gasteiger partial charge on any atom is 0.269 e. The van der Waals surface area contributed by atoms with E-state index in [4.69, 9.17) is 9.47 Å². The van der Waals surface area contributed by atoms with Crippen LogP contribution in [0.4, 0.5) is 0 Å². The minimum atomic E-state index is -4.05. The molecule has 8 nitrogen and oxygen atoms in total. The van der Waals surface area contributed by atoms with Gasteiger partial charge in [0.15, 0.2) is 23.4 Å². The highest BCUT2D eigenvalue weighted by Crippen LogP contribution is 2.32. The average molecular weight is 467 g/mol. The molecule has 2 aliphatic rings. The van der Waals surface area contributed by atoms with Gasteiger partial charge >= 0.3 is 0 Å². The third-order valence-corrected chi connectivity index (χ3v) is 7.81. The number of para-hydroxylation sites is 2. The number of rotatable bonds is 5. The van der Waals surface area contributed by atoms with Gasteiger partial charge in [0.1, 0.15) is 18.0 Å². The van der Waals surface area contributed by atoms with E-state index in [1.807, 2.05) is 35.8 Å². The quantitative estimate of drug-likeness (QED) is 0.537. The van der Waals surface area contributed by atoms with E-state index in [0.29, 0.717) is 40.2 Å². The van der Waals surface area contributed by atoms with E-state index < -0.39 is 28.3 Å². The fourth-order valence-corrected chi connectivity index (χ4v) is 5.85. The number of ketones is 1. The molecule has 0 fully saturated rings. The summed E-state index contributed by atoms with van der Waals surface area (Å²) in [7, 11) is -4.05. The zero-order valence-corrected chi connectivity index (χ0v) is 19.0. The van der Waals surface area contributed by atoms with Crippen molar-refractivity contribution in [3.05, 3.63) is 77.1 Å². The van der Waals surface area contributed by atoms with Gasteiger partial charge in [0.25, 0.3) is 15.9 Å². The molecule has 0 saturated heterocycles. The van der Waals surface area contributed by atoms with Crippen LogP contribution >= 0.6 is 0 Å². The molecule has 1 atom stereocenters. The Hall–Kier alpha value is -3.59. The van der Waals surface area contributed by atoms with E-state index in [1.165, 1.54) is 12.1 Å². The highest BCUT2D eigenvalue weighted by molar-refractivity contribution is 7.90. The Balaban J connectivity index is 1.36. The number of ether oxygens (including phenoxy) is 2. The Labute approximate surface area is 191 Å².